The lowest BCUT2D eigenvalue weighted by molar-refractivity contribution is -0.127. The molecule has 2 heterocycles. The Balaban J connectivity index is 1.59. The molecule has 1 saturated heterocycles. The number of hydrogen-bond donors (Lipinski definition) is 1. The van der Waals surface area contributed by atoms with E-state index in [1.165, 1.54) is 0 Å². The Morgan fingerprint density at radius 1 is 1.38 bits per heavy atom. The summed E-state index contributed by atoms with van der Waals surface area (Å²) < 4.78 is 5.45. The Hall–Kier alpha value is -2.21. The maximum absolute atomic E-state index is 12.3. The molecule has 1 atom stereocenters. The summed E-state index contributed by atoms with van der Waals surface area (Å²) in [5.74, 6) is 1.90. The van der Waals surface area contributed by atoms with Crippen LogP contribution in [0.4, 0.5) is 0 Å². The molecule has 3 rings (SSSR count). The lowest BCUT2D eigenvalue weighted by Gasteiger charge is -2.31. The van der Waals surface area contributed by atoms with E-state index in [-0.39, 0.29) is 11.8 Å². The number of hydrogen-bond acceptors (Lipinski definition) is 5. The molecular weight excluding hydrogens is 328 g/mol. The number of amides is 1. The Kier molecular flexibility index (Phi) is 6.04. The SMILES string of the molecule is Cc1ccccc1-c1noc(CN2CCCC(C(=O)NCC(C)C)C2)n1. The van der Waals surface area contributed by atoms with Gasteiger partial charge in [-0.05, 0) is 37.8 Å². The van der Waals surface area contributed by atoms with Gasteiger partial charge in [-0.15, -0.1) is 0 Å². The molecule has 0 radical (unpaired) electrons. The van der Waals surface area contributed by atoms with Crippen molar-refractivity contribution in [2.24, 2.45) is 11.8 Å². The van der Waals surface area contributed by atoms with Gasteiger partial charge in [-0.2, -0.15) is 4.98 Å². The van der Waals surface area contributed by atoms with E-state index >= 15 is 0 Å². The Morgan fingerprint density at radius 3 is 2.96 bits per heavy atom. The zero-order valence-electron chi connectivity index (χ0n) is 15.9. The van der Waals surface area contributed by atoms with Crippen LogP contribution in [0.3, 0.4) is 0 Å². The van der Waals surface area contributed by atoms with E-state index in [1.54, 1.807) is 0 Å². The van der Waals surface area contributed by atoms with E-state index in [4.69, 9.17) is 4.52 Å². The Bertz CT molecular complexity index is 741. The summed E-state index contributed by atoms with van der Waals surface area (Å²) in [4.78, 5) is 19.1. The summed E-state index contributed by atoms with van der Waals surface area (Å²) >= 11 is 0. The molecule has 1 N–H and O–H groups in total. The number of nitrogens with one attached hydrogen (secondary N) is 1. The highest BCUT2D eigenvalue weighted by Gasteiger charge is 2.26. The van der Waals surface area contributed by atoms with Crippen molar-refractivity contribution in [3.8, 4) is 11.4 Å². The molecule has 0 bridgehead atoms. The summed E-state index contributed by atoms with van der Waals surface area (Å²) in [6, 6.07) is 8.01. The smallest absolute Gasteiger partial charge is 0.241 e. The van der Waals surface area contributed by atoms with Crippen molar-refractivity contribution in [3.05, 3.63) is 35.7 Å². The van der Waals surface area contributed by atoms with Gasteiger partial charge in [-0.3, -0.25) is 9.69 Å². The highest BCUT2D eigenvalue weighted by Crippen LogP contribution is 2.22. The predicted octanol–water partition coefficient (Wildman–Crippen LogP) is 3.03. The van der Waals surface area contributed by atoms with Gasteiger partial charge >= 0.3 is 0 Å². The van der Waals surface area contributed by atoms with Crippen molar-refractivity contribution in [2.45, 2.75) is 40.2 Å². The van der Waals surface area contributed by atoms with Gasteiger partial charge < -0.3 is 9.84 Å². The fourth-order valence-electron chi connectivity index (χ4n) is 3.31. The molecule has 1 aliphatic heterocycles. The molecule has 6 nitrogen and oxygen atoms in total. The lowest BCUT2D eigenvalue weighted by Crippen LogP contribution is -2.43. The zero-order chi connectivity index (χ0) is 18.5. The minimum Gasteiger partial charge on any atom is -0.356 e. The molecule has 1 unspecified atom stereocenters. The van der Waals surface area contributed by atoms with Crippen LogP contribution in [0.2, 0.25) is 0 Å². The summed E-state index contributed by atoms with van der Waals surface area (Å²) in [6.07, 6.45) is 1.96. The molecule has 0 spiro atoms. The van der Waals surface area contributed by atoms with Crippen molar-refractivity contribution < 1.29 is 9.32 Å². The molecule has 1 amide bonds. The minimum atomic E-state index is 0.0428. The minimum absolute atomic E-state index is 0.0428. The molecule has 1 aromatic heterocycles. The Morgan fingerprint density at radius 2 is 2.19 bits per heavy atom. The van der Waals surface area contributed by atoms with Crippen LogP contribution in [0, 0.1) is 18.8 Å². The van der Waals surface area contributed by atoms with Gasteiger partial charge in [0.1, 0.15) is 0 Å². The molecule has 0 saturated carbocycles. The fourth-order valence-corrected chi connectivity index (χ4v) is 3.31. The number of rotatable bonds is 6. The molecule has 1 aromatic carbocycles. The molecular formula is C20H28N4O2. The summed E-state index contributed by atoms with van der Waals surface area (Å²) in [5.41, 5.74) is 2.12. The summed E-state index contributed by atoms with van der Waals surface area (Å²) in [5, 5.41) is 7.17. The van der Waals surface area contributed by atoms with Gasteiger partial charge in [-0.1, -0.05) is 43.3 Å². The van der Waals surface area contributed by atoms with Crippen LogP contribution in [0.1, 0.15) is 38.1 Å². The monoisotopic (exact) mass is 356 g/mol. The van der Waals surface area contributed by atoms with Crippen LogP contribution >= 0.6 is 0 Å². The first kappa shape index (κ1) is 18.6. The third kappa shape index (κ3) is 4.69. The molecule has 2 aromatic rings. The van der Waals surface area contributed by atoms with E-state index in [0.717, 1.165) is 43.6 Å². The third-order valence-electron chi connectivity index (χ3n) is 4.77. The van der Waals surface area contributed by atoms with Gasteiger partial charge in [0.05, 0.1) is 12.5 Å². The van der Waals surface area contributed by atoms with Crippen LogP contribution in [-0.2, 0) is 11.3 Å². The van der Waals surface area contributed by atoms with Crippen molar-refractivity contribution in [1.82, 2.24) is 20.4 Å². The first-order chi connectivity index (χ1) is 12.5. The van der Waals surface area contributed by atoms with Crippen LogP contribution < -0.4 is 5.32 Å². The number of likely N-dealkylation sites (tertiary alicyclic amines) is 1. The number of carbonyl (C=O) groups is 1. The van der Waals surface area contributed by atoms with Gasteiger partial charge in [0.25, 0.3) is 0 Å². The first-order valence-corrected chi connectivity index (χ1v) is 9.41. The number of piperidine rings is 1. The van der Waals surface area contributed by atoms with Crippen molar-refractivity contribution >= 4 is 5.91 Å². The van der Waals surface area contributed by atoms with Crippen LogP contribution in [0.5, 0.6) is 0 Å². The average molecular weight is 356 g/mol. The second-order valence-corrected chi connectivity index (χ2v) is 7.54. The topological polar surface area (TPSA) is 71.3 Å². The summed E-state index contributed by atoms with van der Waals surface area (Å²) in [7, 11) is 0. The molecule has 0 aliphatic carbocycles. The molecule has 6 heteroatoms. The fraction of sp³-hybridized carbons (Fsp3) is 0.550. The number of aromatic nitrogens is 2. The largest absolute Gasteiger partial charge is 0.356 e. The zero-order valence-corrected chi connectivity index (χ0v) is 15.9. The predicted molar refractivity (Wildman–Crippen MR) is 100 cm³/mol. The number of benzene rings is 1. The number of nitrogens with zero attached hydrogens (tertiary/aromatic N) is 3. The van der Waals surface area contributed by atoms with E-state index in [9.17, 15) is 4.79 Å². The second-order valence-electron chi connectivity index (χ2n) is 7.54. The molecule has 1 fully saturated rings. The number of carbonyl (C=O) groups excluding carboxylic acids is 1. The van der Waals surface area contributed by atoms with Gasteiger partial charge in [-0.25, -0.2) is 0 Å². The van der Waals surface area contributed by atoms with Crippen molar-refractivity contribution in [3.63, 3.8) is 0 Å². The van der Waals surface area contributed by atoms with Gasteiger partial charge in [0, 0.05) is 18.7 Å². The van der Waals surface area contributed by atoms with Gasteiger partial charge in [0.15, 0.2) is 0 Å². The summed E-state index contributed by atoms with van der Waals surface area (Å²) in [6.45, 7) is 9.27. The normalized spacial score (nSPS) is 18.2. The van der Waals surface area contributed by atoms with Crippen molar-refractivity contribution in [2.75, 3.05) is 19.6 Å². The maximum atomic E-state index is 12.3. The number of aryl methyl sites for hydroxylation is 1. The highest BCUT2D eigenvalue weighted by atomic mass is 16.5. The van der Waals surface area contributed by atoms with Crippen LogP contribution in [0.15, 0.2) is 28.8 Å². The molecule has 140 valence electrons. The van der Waals surface area contributed by atoms with Crippen molar-refractivity contribution in [1.29, 1.82) is 0 Å². The second kappa shape index (κ2) is 8.45. The van der Waals surface area contributed by atoms with Gasteiger partial charge in [0.2, 0.25) is 17.6 Å². The van der Waals surface area contributed by atoms with E-state index in [1.807, 2.05) is 31.2 Å². The van der Waals surface area contributed by atoms with Crippen LogP contribution in [0.25, 0.3) is 11.4 Å². The first-order valence-electron chi connectivity index (χ1n) is 9.41. The standard InChI is InChI=1S/C20H28N4O2/c1-14(2)11-21-20(25)16-8-6-10-24(12-16)13-18-22-19(23-26-18)17-9-5-4-7-15(17)3/h4-5,7,9,14,16H,6,8,10-13H2,1-3H3,(H,21,25). The molecule has 26 heavy (non-hydrogen) atoms. The maximum Gasteiger partial charge on any atom is 0.241 e. The van der Waals surface area contributed by atoms with E-state index < -0.39 is 0 Å². The average Bonchev–Trinajstić information content (AvgIpc) is 3.08. The molecule has 1 aliphatic rings. The Labute approximate surface area is 155 Å². The third-order valence-corrected chi connectivity index (χ3v) is 4.77. The van der Waals surface area contributed by atoms with Crippen LogP contribution in [-0.4, -0.2) is 40.6 Å². The lowest BCUT2D eigenvalue weighted by atomic mass is 9.97. The quantitative estimate of drug-likeness (QED) is 0.861. The highest BCUT2D eigenvalue weighted by molar-refractivity contribution is 5.78. The van der Waals surface area contributed by atoms with E-state index in [0.29, 0.717) is 24.2 Å². The van der Waals surface area contributed by atoms with E-state index in [2.05, 4.69) is 34.2 Å².